The predicted molar refractivity (Wildman–Crippen MR) is 101 cm³/mol. The molecule has 25 heavy (non-hydrogen) atoms. The number of para-hydroxylation sites is 2. The highest BCUT2D eigenvalue weighted by molar-refractivity contribution is 7.92. The van der Waals surface area contributed by atoms with Crippen molar-refractivity contribution in [3.63, 3.8) is 0 Å². The first-order chi connectivity index (χ1) is 11.9. The maximum atomic E-state index is 12.2. The zero-order valence-corrected chi connectivity index (χ0v) is 15.9. The molecule has 6 nitrogen and oxygen atoms in total. The molecule has 1 heterocycles. The van der Waals surface area contributed by atoms with Gasteiger partial charge >= 0.3 is 0 Å². The van der Waals surface area contributed by atoms with E-state index < -0.39 is 10.0 Å². The Bertz CT molecular complexity index is 789. The molecule has 0 unspecified atom stereocenters. The molecule has 0 saturated heterocycles. The first-order valence-corrected chi connectivity index (χ1v) is 10.6. The number of amides is 1. The van der Waals surface area contributed by atoms with E-state index in [0.29, 0.717) is 24.5 Å². The molecule has 1 N–H and O–H groups in total. The topological polar surface area (TPSA) is 75.7 Å². The highest BCUT2D eigenvalue weighted by Gasteiger charge is 2.21. The average molecular weight is 383 g/mol. The first kappa shape index (κ1) is 19.3. The maximum absolute atomic E-state index is 12.2. The molecular formula is C17H22N2O4S2. The van der Waals surface area contributed by atoms with E-state index in [0.717, 1.165) is 11.1 Å². The maximum Gasteiger partial charge on any atom is 0.232 e. The summed E-state index contributed by atoms with van der Waals surface area (Å²) in [4.78, 5) is 12.9. The molecule has 8 heteroatoms. The zero-order chi connectivity index (χ0) is 18.3. The van der Waals surface area contributed by atoms with Gasteiger partial charge in [0, 0.05) is 11.4 Å². The third kappa shape index (κ3) is 5.75. The number of sulfonamides is 1. The normalized spacial score (nSPS) is 11.1. The second kappa shape index (κ2) is 8.87. The number of hydrogen-bond acceptors (Lipinski definition) is 5. The zero-order valence-electron chi connectivity index (χ0n) is 14.3. The predicted octanol–water partition coefficient (Wildman–Crippen LogP) is 2.27. The molecule has 0 saturated carbocycles. The van der Waals surface area contributed by atoms with Gasteiger partial charge in [-0.05, 0) is 30.5 Å². The van der Waals surface area contributed by atoms with Crippen LogP contribution in [0.5, 0.6) is 5.75 Å². The fourth-order valence-electron chi connectivity index (χ4n) is 2.34. The second-order valence-electron chi connectivity index (χ2n) is 5.34. The van der Waals surface area contributed by atoms with E-state index >= 15 is 0 Å². The van der Waals surface area contributed by atoms with Gasteiger partial charge in [-0.15, -0.1) is 11.3 Å². The molecule has 2 rings (SSSR count). The summed E-state index contributed by atoms with van der Waals surface area (Å²) in [5, 5.41) is 4.68. The van der Waals surface area contributed by atoms with Crippen LogP contribution in [0.4, 0.5) is 5.69 Å². The molecule has 1 amide bonds. The lowest BCUT2D eigenvalue weighted by molar-refractivity contribution is -0.120. The van der Waals surface area contributed by atoms with E-state index in [4.69, 9.17) is 4.74 Å². The molecule has 1 aromatic carbocycles. The van der Waals surface area contributed by atoms with Gasteiger partial charge in [0.25, 0.3) is 0 Å². The summed E-state index contributed by atoms with van der Waals surface area (Å²) in [5.41, 5.74) is 0.472. The minimum absolute atomic E-state index is 0.131. The van der Waals surface area contributed by atoms with Crippen LogP contribution in [0.2, 0.25) is 0 Å². The van der Waals surface area contributed by atoms with E-state index in [9.17, 15) is 13.2 Å². The molecule has 1 aromatic heterocycles. The largest absolute Gasteiger partial charge is 0.492 e. The number of carbonyl (C=O) groups excluding carboxylic acids is 1. The number of anilines is 1. The van der Waals surface area contributed by atoms with Gasteiger partial charge in [0.05, 0.1) is 31.5 Å². The molecule has 0 atom stereocenters. The summed E-state index contributed by atoms with van der Waals surface area (Å²) < 4.78 is 31.1. The van der Waals surface area contributed by atoms with E-state index in [2.05, 4.69) is 5.32 Å². The Labute approximate surface area is 152 Å². The van der Waals surface area contributed by atoms with Crippen molar-refractivity contribution in [2.45, 2.75) is 13.3 Å². The van der Waals surface area contributed by atoms with Crippen LogP contribution in [0, 0.1) is 0 Å². The van der Waals surface area contributed by atoms with Crippen LogP contribution in [0.1, 0.15) is 11.8 Å². The average Bonchev–Trinajstić information content (AvgIpc) is 3.04. The fraction of sp³-hybridized carbons (Fsp3) is 0.353. The van der Waals surface area contributed by atoms with Crippen LogP contribution in [-0.2, 0) is 21.2 Å². The van der Waals surface area contributed by atoms with Crippen LogP contribution >= 0.6 is 11.3 Å². The molecule has 0 spiro atoms. The molecule has 0 fully saturated rings. The van der Waals surface area contributed by atoms with E-state index in [-0.39, 0.29) is 19.0 Å². The molecule has 0 radical (unpaired) electrons. The van der Waals surface area contributed by atoms with Gasteiger partial charge in [0.1, 0.15) is 5.75 Å². The second-order valence-corrected chi connectivity index (χ2v) is 8.28. The van der Waals surface area contributed by atoms with Crippen LogP contribution < -0.4 is 14.4 Å². The number of ether oxygens (including phenoxy) is 1. The van der Waals surface area contributed by atoms with Crippen molar-refractivity contribution in [1.82, 2.24) is 5.32 Å². The van der Waals surface area contributed by atoms with Gasteiger partial charge in [0.15, 0.2) is 0 Å². The third-order valence-corrected chi connectivity index (χ3v) is 5.44. The third-order valence-electron chi connectivity index (χ3n) is 3.39. The Morgan fingerprint density at radius 2 is 2.00 bits per heavy atom. The molecule has 0 aliphatic heterocycles. The van der Waals surface area contributed by atoms with Crippen molar-refractivity contribution < 1.29 is 17.9 Å². The minimum atomic E-state index is -3.50. The fourth-order valence-corrected chi connectivity index (χ4v) is 3.97. The van der Waals surface area contributed by atoms with Gasteiger partial charge < -0.3 is 10.1 Å². The smallest absolute Gasteiger partial charge is 0.232 e. The summed E-state index contributed by atoms with van der Waals surface area (Å²) in [6.07, 6.45) is 1.44. The molecule has 136 valence electrons. The SMILES string of the molecule is CCOc1ccccc1N(CCNC(=O)Cc1cccs1)S(C)(=O)=O. The van der Waals surface area contributed by atoms with Gasteiger partial charge in [-0.3, -0.25) is 9.10 Å². The Balaban J connectivity index is 2.03. The minimum Gasteiger partial charge on any atom is -0.492 e. The summed E-state index contributed by atoms with van der Waals surface area (Å²) in [7, 11) is -3.50. The van der Waals surface area contributed by atoms with Gasteiger partial charge in [-0.25, -0.2) is 8.42 Å². The van der Waals surface area contributed by atoms with Crippen molar-refractivity contribution in [2.24, 2.45) is 0 Å². The van der Waals surface area contributed by atoms with E-state index in [1.807, 2.05) is 24.4 Å². The number of carbonyl (C=O) groups is 1. The number of hydrogen-bond donors (Lipinski definition) is 1. The number of rotatable bonds is 9. The summed E-state index contributed by atoms with van der Waals surface area (Å²) >= 11 is 1.52. The summed E-state index contributed by atoms with van der Waals surface area (Å²) in [6, 6.07) is 10.8. The molecule has 2 aromatic rings. The Hall–Kier alpha value is -2.06. The van der Waals surface area contributed by atoms with Crippen LogP contribution in [0.25, 0.3) is 0 Å². The first-order valence-electron chi connectivity index (χ1n) is 7.90. The number of nitrogens with one attached hydrogen (secondary N) is 1. The highest BCUT2D eigenvalue weighted by Crippen LogP contribution is 2.29. The lowest BCUT2D eigenvalue weighted by atomic mass is 10.3. The Morgan fingerprint density at radius 3 is 2.64 bits per heavy atom. The standard InChI is InChI=1S/C17H22N2O4S2/c1-3-23-16-9-5-4-8-15(16)19(25(2,21)22)11-10-18-17(20)13-14-7-6-12-24-14/h4-9,12H,3,10-11,13H2,1-2H3,(H,18,20). The van der Waals surface area contributed by atoms with Gasteiger partial charge in [-0.1, -0.05) is 18.2 Å². The van der Waals surface area contributed by atoms with Crippen molar-refractivity contribution in [3.8, 4) is 5.75 Å². The lowest BCUT2D eigenvalue weighted by Gasteiger charge is -2.24. The van der Waals surface area contributed by atoms with Crippen LogP contribution in [0.3, 0.4) is 0 Å². The van der Waals surface area contributed by atoms with Crippen LogP contribution in [-0.4, -0.2) is 40.3 Å². The lowest BCUT2D eigenvalue weighted by Crippen LogP contribution is -2.38. The molecule has 0 aliphatic carbocycles. The number of nitrogens with zero attached hydrogens (tertiary/aromatic N) is 1. The van der Waals surface area contributed by atoms with Crippen molar-refractivity contribution >= 4 is 33.0 Å². The monoisotopic (exact) mass is 382 g/mol. The number of benzene rings is 1. The molecular weight excluding hydrogens is 360 g/mol. The Kier molecular flexibility index (Phi) is 6.83. The van der Waals surface area contributed by atoms with Crippen molar-refractivity contribution in [2.75, 3.05) is 30.3 Å². The summed E-state index contributed by atoms with van der Waals surface area (Å²) in [6.45, 7) is 2.63. The quantitative estimate of drug-likeness (QED) is 0.722. The van der Waals surface area contributed by atoms with E-state index in [1.54, 1.807) is 24.3 Å². The van der Waals surface area contributed by atoms with Crippen molar-refractivity contribution in [1.29, 1.82) is 0 Å². The highest BCUT2D eigenvalue weighted by atomic mass is 32.2. The van der Waals surface area contributed by atoms with Gasteiger partial charge in [0.2, 0.25) is 15.9 Å². The van der Waals surface area contributed by atoms with Crippen LogP contribution in [0.15, 0.2) is 41.8 Å². The van der Waals surface area contributed by atoms with Gasteiger partial charge in [-0.2, -0.15) is 0 Å². The number of thiophene rings is 1. The Morgan fingerprint density at radius 1 is 1.24 bits per heavy atom. The molecule has 0 bridgehead atoms. The molecule has 0 aliphatic rings. The van der Waals surface area contributed by atoms with E-state index in [1.165, 1.54) is 15.6 Å². The van der Waals surface area contributed by atoms with Crippen molar-refractivity contribution in [3.05, 3.63) is 46.7 Å². The summed E-state index contributed by atoms with van der Waals surface area (Å²) in [5.74, 6) is 0.370.